The van der Waals surface area contributed by atoms with E-state index in [4.69, 9.17) is 5.11 Å². The lowest BCUT2D eigenvalue weighted by molar-refractivity contribution is -0.140. The Morgan fingerprint density at radius 1 is 1.80 bits per heavy atom. The fourth-order valence-electron chi connectivity index (χ4n) is 0.616. The van der Waals surface area contributed by atoms with Crippen LogP contribution in [-0.2, 0) is 14.4 Å². The topological polar surface area (TPSA) is 76.0 Å². The zero-order chi connectivity index (χ0) is 7.56. The minimum absolute atomic E-state index is 0.00625. The highest BCUT2D eigenvalue weighted by molar-refractivity contribution is 6.08. The molecule has 10 heavy (non-hydrogen) atoms. The Labute approximate surface area is 56.3 Å². The summed E-state index contributed by atoms with van der Waals surface area (Å²) in [5, 5.41) is 11.5. The van der Waals surface area contributed by atoms with Crippen molar-refractivity contribution in [2.24, 2.45) is 5.16 Å². The van der Waals surface area contributed by atoms with Crippen molar-refractivity contribution < 1.29 is 19.5 Å². The first-order valence-electron chi connectivity index (χ1n) is 2.66. The van der Waals surface area contributed by atoms with Crippen molar-refractivity contribution in [3.8, 4) is 0 Å². The minimum atomic E-state index is -1.00. The van der Waals surface area contributed by atoms with Crippen molar-refractivity contribution >= 4 is 17.7 Å². The molecule has 0 aromatic rings. The van der Waals surface area contributed by atoms with Crippen LogP contribution in [0.4, 0.5) is 0 Å². The van der Waals surface area contributed by atoms with Gasteiger partial charge in [-0.15, -0.1) is 0 Å². The predicted molar refractivity (Wildman–Crippen MR) is 30.4 cm³/mol. The van der Waals surface area contributed by atoms with Gasteiger partial charge in [0.15, 0.2) is 0 Å². The lowest BCUT2D eigenvalue weighted by Crippen LogP contribution is -2.05. The Balaban J connectivity index is 2.44. The first-order valence-corrected chi connectivity index (χ1v) is 2.66. The van der Waals surface area contributed by atoms with Crippen LogP contribution in [0.5, 0.6) is 0 Å². The van der Waals surface area contributed by atoms with Crippen LogP contribution in [0.1, 0.15) is 12.8 Å². The largest absolute Gasteiger partial charge is 0.481 e. The maximum atomic E-state index is 10.3. The molecular formula is C5H5NO4. The van der Waals surface area contributed by atoms with E-state index in [9.17, 15) is 9.59 Å². The molecule has 5 heteroatoms. The molecule has 1 rings (SSSR count). The lowest BCUT2D eigenvalue weighted by atomic mass is 10.2. The summed E-state index contributed by atoms with van der Waals surface area (Å²) in [6, 6.07) is 0. The van der Waals surface area contributed by atoms with Crippen LogP contribution in [-0.4, -0.2) is 22.8 Å². The third-order valence-electron chi connectivity index (χ3n) is 0.980. The molecule has 1 heterocycles. The number of carbonyl (C=O) groups is 2. The Kier molecular flexibility index (Phi) is 1.66. The van der Waals surface area contributed by atoms with Gasteiger partial charge in [-0.2, -0.15) is 0 Å². The summed E-state index contributed by atoms with van der Waals surface area (Å²) in [5.41, 5.74) is 0.275. The number of hydrogen-bond donors (Lipinski definition) is 1. The highest BCUT2D eigenvalue weighted by Gasteiger charge is 2.19. The summed E-state index contributed by atoms with van der Waals surface area (Å²) in [6.45, 7) is 0. The highest BCUT2D eigenvalue weighted by atomic mass is 16.7. The van der Waals surface area contributed by atoms with Crippen molar-refractivity contribution in [2.75, 3.05) is 0 Å². The fraction of sp³-hybridized carbons (Fsp3) is 0.400. The van der Waals surface area contributed by atoms with Gasteiger partial charge in [0, 0.05) is 0 Å². The average molecular weight is 143 g/mol. The third kappa shape index (κ3) is 1.54. The normalized spacial score (nSPS) is 16.4. The molecule has 1 aliphatic heterocycles. The second-order valence-electron chi connectivity index (χ2n) is 1.87. The van der Waals surface area contributed by atoms with E-state index in [-0.39, 0.29) is 18.6 Å². The van der Waals surface area contributed by atoms with Crippen LogP contribution in [0.15, 0.2) is 5.16 Å². The Morgan fingerprint density at radius 3 is 2.90 bits per heavy atom. The monoisotopic (exact) mass is 143 g/mol. The van der Waals surface area contributed by atoms with Gasteiger partial charge >= 0.3 is 11.9 Å². The molecule has 0 saturated carbocycles. The van der Waals surface area contributed by atoms with Gasteiger partial charge in [-0.1, -0.05) is 5.16 Å². The molecule has 0 atom stereocenters. The molecule has 5 nitrogen and oxygen atoms in total. The van der Waals surface area contributed by atoms with Gasteiger partial charge in [-0.25, -0.2) is 4.79 Å². The van der Waals surface area contributed by atoms with Gasteiger partial charge in [-0.05, 0) is 0 Å². The quantitative estimate of drug-likeness (QED) is 0.541. The van der Waals surface area contributed by atoms with Gasteiger partial charge in [0.2, 0.25) is 0 Å². The van der Waals surface area contributed by atoms with E-state index in [1.165, 1.54) is 0 Å². The molecule has 1 aliphatic rings. The van der Waals surface area contributed by atoms with Gasteiger partial charge in [0.05, 0.1) is 18.6 Å². The standard InChI is InChI=1S/C5H5NO4/c7-4(8)1-3-2-5(9)10-6-3/h1-2H2,(H,7,8). The first-order chi connectivity index (χ1) is 4.68. The second-order valence-corrected chi connectivity index (χ2v) is 1.87. The number of carboxylic acids is 1. The summed E-state index contributed by atoms with van der Waals surface area (Å²) < 4.78 is 0. The van der Waals surface area contributed by atoms with E-state index in [0.29, 0.717) is 0 Å². The highest BCUT2D eigenvalue weighted by Crippen LogP contribution is 2.04. The van der Waals surface area contributed by atoms with Crippen LogP contribution >= 0.6 is 0 Å². The molecular weight excluding hydrogens is 138 g/mol. The molecule has 0 fully saturated rings. The molecule has 54 valence electrons. The van der Waals surface area contributed by atoms with Crippen molar-refractivity contribution in [3.05, 3.63) is 0 Å². The van der Waals surface area contributed by atoms with Crippen molar-refractivity contribution in [3.63, 3.8) is 0 Å². The number of carbonyl (C=O) groups excluding carboxylic acids is 1. The Hall–Kier alpha value is -1.39. The number of rotatable bonds is 2. The summed E-state index contributed by atoms with van der Waals surface area (Å²) in [4.78, 5) is 24.5. The molecule has 0 aromatic heterocycles. The number of oxime groups is 1. The smallest absolute Gasteiger partial charge is 0.340 e. The van der Waals surface area contributed by atoms with E-state index in [2.05, 4.69) is 9.99 Å². The average Bonchev–Trinajstić information content (AvgIpc) is 2.13. The van der Waals surface area contributed by atoms with Crippen LogP contribution < -0.4 is 0 Å². The van der Waals surface area contributed by atoms with E-state index >= 15 is 0 Å². The van der Waals surface area contributed by atoms with E-state index in [1.807, 2.05) is 0 Å². The van der Waals surface area contributed by atoms with Crippen LogP contribution in [0, 0.1) is 0 Å². The van der Waals surface area contributed by atoms with Crippen molar-refractivity contribution in [2.45, 2.75) is 12.8 Å². The number of hydrogen-bond acceptors (Lipinski definition) is 4. The SMILES string of the molecule is O=C(O)CC1=NOC(=O)C1. The van der Waals surface area contributed by atoms with E-state index < -0.39 is 11.9 Å². The molecule has 1 N–H and O–H groups in total. The second kappa shape index (κ2) is 2.47. The number of nitrogens with zero attached hydrogens (tertiary/aromatic N) is 1. The molecule has 0 saturated heterocycles. The molecule has 0 amide bonds. The van der Waals surface area contributed by atoms with Crippen LogP contribution in [0.25, 0.3) is 0 Å². The molecule has 0 spiro atoms. The number of carboxylic acid groups (broad SMARTS) is 1. The zero-order valence-corrected chi connectivity index (χ0v) is 5.03. The number of aliphatic carboxylic acids is 1. The van der Waals surface area contributed by atoms with Crippen LogP contribution in [0.3, 0.4) is 0 Å². The molecule has 0 unspecified atom stereocenters. The third-order valence-corrected chi connectivity index (χ3v) is 0.980. The predicted octanol–water partition coefficient (Wildman–Crippen LogP) is -0.236. The van der Waals surface area contributed by atoms with Gasteiger partial charge < -0.3 is 9.94 Å². The van der Waals surface area contributed by atoms with Gasteiger partial charge in [0.25, 0.3) is 0 Å². The fourth-order valence-corrected chi connectivity index (χ4v) is 0.616. The summed E-state index contributed by atoms with van der Waals surface area (Å²) in [6.07, 6.45) is -0.210. The van der Waals surface area contributed by atoms with E-state index in [0.717, 1.165) is 0 Å². The van der Waals surface area contributed by atoms with Crippen LogP contribution in [0.2, 0.25) is 0 Å². The lowest BCUT2D eigenvalue weighted by Gasteiger charge is -1.86. The Morgan fingerprint density at radius 2 is 2.50 bits per heavy atom. The molecule has 0 radical (unpaired) electrons. The maximum Gasteiger partial charge on any atom is 0.340 e. The molecule has 0 bridgehead atoms. The molecule has 0 aliphatic carbocycles. The first kappa shape index (κ1) is 6.73. The molecule has 0 aromatic carbocycles. The zero-order valence-electron chi connectivity index (χ0n) is 5.03. The summed E-state index contributed by atoms with van der Waals surface area (Å²) in [7, 11) is 0. The van der Waals surface area contributed by atoms with Crippen molar-refractivity contribution in [1.29, 1.82) is 0 Å². The van der Waals surface area contributed by atoms with E-state index in [1.54, 1.807) is 0 Å². The maximum absolute atomic E-state index is 10.3. The summed E-state index contributed by atoms with van der Waals surface area (Å²) >= 11 is 0. The van der Waals surface area contributed by atoms with Gasteiger partial charge in [0.1, 0.15) is 0 Å². The summed E-state index contributed by atoms with van der Waals surface area (Å²) in [5.74, 6) is -1.49. The Bertz CT molecular complexity index is 208. The van der Waals surface area contributed by atoms with Gasteiger partial charge in [-0.3, -0.25) is 4.79 Å². The van der Waals surface area contributed by atoms with Crippen molar-refractivity contribution in [1.82, 2.24) is 0 Å². The minimum Gasteiger partial charge on any atom is -0.481 e.